The molecule has 13 heavy (non-hydrogen) atoms. The second-order valence-electron chi connectivity index (χ2n) is 3.24. The summed E-state index contributed by atoms with van der Waals surface area (Å²) in [6.07, 6.45) is 2.84. The molecule has 0 aromatic heterocycles. The van der Waals surface area contributed by atoms with Crippen LogP contribution in [-0.4, -0.2) is 35.8 Å². The van der Waals surface area contributed by atoms with Gasteiger partial charge in [-0.2, -0.15) is 0 Å². The Hall–Kier alpha value is -1.52. The number of nitrogens with one attached hydrogen (secondary N) is 1. The molecule has 2 aliphatic rings. The summed E-state index contributed by atoms with van der Waals surface area (Å²) in [6, 6.07) is -0.622. The van der Waals surface area contributed by atoms with Crippen LogP contribution in [-0.2, 0) is 9.59 Å². The van der Waals surface area contributed by atoms with Crippen LogP contribution in [0.3, 0.4) is 0 Å². The Morgan fingerprint density at radius 3 is 3.15 bits per heavy atom. The fourth-order valence-electron chi connectivity index (χ4n) is 1.77. The van der Waals surface area contributed by atoms with Gasteiger partial charge in [0.05, 0.1) is 6.54 Å². The first kappa shape index (κ1) is 8.10. The summed E-state index contributed by atoms with van der Waals surface area (Å²) < 4.78 is 0. The van der Waals surface area contributed by atoms with Gasteiger partial charge >= 0.3 is 0 Å². The van der Waals surface area contributed by atoms with Crippen LogP contribution >= 0.6 is 0 Å². The van der Waals surface area contributed by atoms with Gasteiger partial charge in [0.1, 0.15) is 6.04 Å². The highest BCUT2D eigenvalue weighted by Crippen LogP contribution is 2.20. The number of hydrogen-bond acceptors (Lipinski definition) is 3. The summed E-state index contributed by atoms with van der Waals surface area (Å²) in [6.45, 7) is 1.15. The van der Waals surface area contributed by atoms with E-state index in [-0.39, 0.29) is 5.91 Å². The fourth-order valence-corrected chi connectivity index (χ4v) is 1.77. The smallest absolute Gasteiger partial charge is 0.246 e. The SMILES string of the molecule is NC(=O)C1NC(=O)CN2CCC=C12. The Balaban J connectivity index is 2.25. The molecule has 70 valence electrons. The topological polar surface area (TPSA) is 75.4 Å². The summed E-state index contributed by atoms with van der Waals surface area (Å²) in [4.78, 5) is 24.0. The number of piperazine rings is 1. The number of hydrogen-bond donors (Lipinski definition) is 2. The lowest BCUT2D eigenvalue weighted by atomic mass is 10.1. The van der Waals surface area contributed by atoms with Gasteiger partial charge < -0.3 is 16.0 Å². The molecule has 3 N–H and O–H groups in total. The van der Waals surface area contributed by atoms with Gasteiger partial charge in [0.15, 0.2) is 0 Å². The van der Waals surface area contributed by atoms with Crippen molar-refractivity contribution in [2.75, 3.05) is 13.1 Å². The minimum atomic E-state index is -0.622. The maximum atomic E-state index is 11.1. The maximum absolute atomic E-state index is 11.1. The second kappa shape index (κ2) is 2.76. The summed E-state index contributed by atoms with van der Waals surface area (Å²) in [5.74, 6) is -0.631. The summed E-state index contributed by atoms with van der Waals surface area (Å²) >= 11 is 0. The van der Waals surface area contributed by atoms with E-state index in [1.807, 2.05) is 11.0 Å². The molecule has 0 spiro atoms. The molecule has 0 saturated carbocycles. The van der Waals surface area contributed by atoms with Crippen molar-refractivity contribution in [2.24, 2.45) is 5.73 Å². The number of carbonyl (C=O) groups excluding carboxylic acids is 2. The molecule has 1 atom stereocenters. The molecule has 0 bridgehead atoms. The molecule has 2 amide bonds. The van der Waals surface area contributed by atoms with Crippen molar-refractivity contribution < 1.29 is 9.59 Å². The predicted octanol–water partition coefficient (Wildman–Crippen LogP) is -1.44. The zero-order chi connectivity index (χ0) is 9.42. The number of amides is 2. The normalized spacial score (nSPS) is 26.5. The van der Waals surface area contributed by atoms with Gasteiger partial charge in [-0.15, -0.1) is 0 Å². The van der Waals surface area contributed by atoms with Gasteiger partial charge in [-0.25, -0.2) is 0 Å². The zero-order valence-corrected chi connectivity index (χ0v) is 7.12. The van der Waals surface area contributed by atoms with Gasteiger partial charge in [0, 0.05) is 12.2 Å². The van der Waals surface area contributed by atoms with Crippen LogP contribution in [0.1, 0.15) is 6.42 Å². The average Bonchev–Trinajstić information content (AvgIpc) is 2.49. The highest BCUT2D eigenvalue weighted by atomic mass is 16.2. The molecule has 0 aliphatic carbocycles. The van der Waals surface area contributed by atoms with E-state index < -0.39 is 11.9 Å². The summed E-state index contributed by atoms with van der Waals surface area (Å²) in [5, 5.41) is 2.56. The molecule has 0 aromatic rings. The van der Waals surface area contributed by atoms with Gasteiger partial charge in [-0.1, -0.05) is 6.08 Å². The third kappa shape index (κ3) is 1.26. The van der Waals surface area contributed by atoms with Gasteiger partial charge in [0.2, 0.25) is 11.8 Å². The number of nitrogens with zero attached hydrogens (tertiary/aromatic N) is 1. The van der Waals surface area contributed by atoms with Crippen molar-refractivity contribution in [1.82, 2.24) is 10.2 Å². The van der Waals surface area contributed by atoms with E-state index in [0.29, 0.717) is 6.54 Å². The fraction of sp³-hybridized carbons (Fsp3) is 0.500. The first-order chi connectivity index (χ1) is 6.18. The Bertz CT molecular complexity index is 298. The quantitative estimate of drug-likeness (QED) is 0.520. The van der Waals surface area contributed by atoms with E-state index in [1.54, 1.807) is 0 Å². The standard InChI is InChI=1S/C8H11N3O2/c9-8(13)7-5-2-1-3-11(5)4-6(12)10-7/h2,7H,1,3-4H2,(H2,9,13)(H,10,12). The second-order valence-corrected chi connectivity index (χ2v) is 3.24. The van der Waals surface area contributed by atoms with Crippen molar-refractivity contribution in [1.29, 1.82) is 0 Å². The minimum Gasteiger partial charge on any atom is -0.368 e. The van der Waals surface area contributed by atoms with Gasteiger partial charge in [0.25, 0.3) is 0 Å². The van der Waals surface area contributed by atoms with Crippen molar-refractivity contribution in [3.63, 3.8) is 0 Å². The van der Waals surface area contributed by atoms with Crippen LogP contribution in [0.15, 0.2) is 11.8 Å². The van der Waals surface area contributed by atoms with Crippen molar-refractivity contribution >= 4 is 11.8 Å². The molecule has 0 aromatic carbocycles. The Kier molecular flexibility index (Phi) is 1.72. The van der Waals surface area contributed by atoms with E-state index in [4.69, 9.17) is 5.73 Å². The largest absolute Gasteiger partial charge is 0.368 e. The highest BCUT2D eigenvalue weighted by Gasteiger charge is 2.34. The van der Waals surface area contributed by atoms with E-state index >= 15 is 0 Å². The van der Waals surface area contributed by atoms with E-state index in [0.717, 1.165) is 18.7 Å². The molecule has 0 radical (unpaired) electrons. The Morgan fingerprint density at radius 2 is 2.46 bits per heavy atom. The van der Waals surface area contributed by atoms with Crippen LogP contribution in [0.2, 0.25) is 0 Å². The molecule has 2 aliphatic heterocycles. The van der Waals surface area contributed by atoms with Crippen molar-refractivity contribution in [3.8, 4) is 0 Å². The molecule has 2 heterocycles. The van der Waals surface area contributed by atoms with Crippen LogP contribution < -0.4 is 11.1 Å². The molecule has 1 saturated heterocycles. The molecule has 5 heteroatoms. The van der Waals surface area contributed by atoms with Crippen LogP contribution in [0.5, 0.6) is 0 Å². The predicted molar refractivity (Wildman–Crippen MR) is 45.4 cm³/mol. The first-order valence-electron chi connectivity index (χ1n) is 4.22. The van der Waals surface area contributed by atoms with Gasteiger partial charge in [-0.05, 0) is 6.42 Å². The molecular formula is C8H11N3O2. The lowest BCUT2D eigenvalue weighted by molar-refractivity contribution is -0.129. The molecule has 2 rings (SSSR count). The number of carbonyl (C=O) groups is 2. The lowest BCUT2D eigenvalue weighted by Crippen LogP contribution is -2.56. The Labute approximate surface area is 75.6 Å². The number of nitrogens with two attached hydrogens (primary N) is 1. The number of rotatable bonds is 1. The highest BCUT2D eigenvalue weighted by molar-refractivity contribution is 5.91. The maximum Gasteiger partial charge on any atom is 0.246 e. The van der Waals surface area contributed by atoms with E-state index in [2.05, 4.69) is 5.32 Å². The van der Waals surface area contributed by atoms with Crippen molar-refractivity contribution in [2.45, 2.75) is 12.5 Å². The van der Waals surface area contributed by atoms with Crippen molar-refractivity contribution in [3.05, 3.63) is 11.8 Å². The van der Waals surface area contributed by atoms with Gasteiger partial charge in [-0.3, -0.25) is 9.59 Å². The molecule has 1 unspecified atom stereocenters. The molecule has 5 nitrogen and oxygen atoms in total. The zero-order valence-electron chi connectivity index (χ0n) is 7.12. The number of primary amides is 1. The summed E-state index contributed by atoms with van der Waals surface area (Å²) in [7, 11) is 0. The molecule has 1 fully saturated rings. The minimum absolute atomic E-state index is 0.136. The van der Waals surface area contributed by atoms with E-state index in [1.165, 1.54) is 0 Å². The van der Waals surface area contributed by atoms with Crippen LogP contribution in [0.4, 0.5) is 0 Å². The monoisotopic (exact) mass is 181 g/mol. The average molecular weight is 181 g/mol. The van der Waals surface area contributed by atoms with Crippen LogP contribution in [0, 0.1) is 0 Å². The third-order valence-corrected chi connectivity index (χ3v) is 2.34. The first-order valence-corrected chi connectivity index (χ1v) is 4.22. The van der Waals surface area contributed by atoms with E-state index in [9.17, 15) is 9.59 Å². The van der Waals surface area contributed by atoms with Crippen LogP contribution in [0.25, 0.3) is 0 Å². The third-order valence-electron chi connectivity index (χ3n) is 2.34. The summed E-state index contributed by atoms with van der Waals surface area (Å²) in [5.41, 5.74) is 6.02. The number of fused-ring (bicyclic) bond motifs is 1. The Morgan fingerprint density at radius 1 is 1.69 bits per heavy atom. The molecular weight excluding hydrogens is 170 g/mol. The lowest BCUT2D eigenvalue weighted by Gasteiger charge is -2.32.